The molecule has 2 aromatic rings. The van der Waals surface area contributed by atoms with Gasteiger partial charge in [-0.05, 0) is 35.6 Å². The molecule has 0 saturated heterocycles. The smallest absolute Gasteiger partial charge is 0.395 e. The number of nitrogens with zero attached hydrogens (tertiary/aromatic N) is 1. The minimum absolute atomic E-state index is 0.0299. The maximum absolute atomic E-state index is 12.0. The van der Waals surface area contributed by atoms with Gasteiger partial charge in [0.15, 0.2) is 11.8 Å². The number of carbonyl (C=O) groups excluding carboxylic acids is 1. The Morgan fingerprint density at radius 1 is 1.12 bits per heavy atom. The quantitative estimate of drug-likeness (QED) is 0.557. The summed E-state index contributed by atoms with van der Waals surface area (Å²) in [7, 11) is -2.36. The van der Waals surface area contributed by atoms with Gasteiger partial charge < -0.3 is 9.63 Å². The molecule has 0 saturated carbocycles. The molecule has 0 heterocycles. The zero-order valence-corrected chi connectivity index (χ0v) is 16.4. The first-order valence-corrected chi connectivity index (χ1v) is 9.56. The third-order valence-corrected chi connectivity index (χ3v) is 4.64. The van der Waals surface area contributed by atoms with Gasteiger partial charge in [0.25, 0.3) is 0 Å². The first kappa shape index (κ1) is 20.1. The second-order valence-electron chi connectivity index (χ2n) is 6.99. The average Bonchev–Trinajstić information content (AvgIpc) is 2.60. The Balaban J connectivity index is 1.90. The van der Waals surface area contributed by atoms with Crippen LogP contribution >= 0.6 is 8.17 Å². The van der Waals surface area contributed by atoms with Gasteiger partial charge in [-0.25, -0.2) is 4.79 Å². The molecule has 0 spiro atoms. The molecule has 0 aliphatic heterocycles. The van der Waals surface area contributed by atoms with Crippen LogP contribution in [0, 0.1) is 0 Å². The highest BCUT2D eigenvalue weighted by molar-refractivity contribution is 7.34. The summed E-state index contributed by atoms with van der Waals surface area (Å²) >= 11 is 0. The maximum atomic E-state index is 12.0. The van der Waals surface area contributed by atoms with Crippen molar-refractivity contribution in [3.63, 3.8) is 0 Å². The van der Waals surface area contributed by atoms with Gasteiger partial charge in [0.05, 0.1) is 0 Å². The lowest BCUT2D eigenvalue weighted by atomic mass is 9.87. The summed E-state index contributed by atoms with van der Waals surface area (Å²) in [4.78, 5) is 24.0. The molecule has 0 aliphatic carbocycles. The number of benzene rings is 2. The first-order chi connectivity index (χ1) is 12.3. The summed E-state index contributed by atoms with van der Waals surface area (Å²) < 4.78 is 14.3. The van der Waals surface area contributed by atoms with Crippen molar-refractivity contribution >= 4 is 14.1 Å². The molecule has 0 aliphatic rings. The second kappa shape index (κ2) is 8.93. The van der Waals surface area contributed by atoms with E-state index in [1.165, 1.54) is 6.92 Å². The molecule has 0 N–H and O–H groups in total. The van der Waals surface area contributed by atoms with Crippen molar-refractivity contribution in [3.8, 4) is 5.75 Å². The van der Waals surface area contributed by atoms with Gasteiger partial charge in [-0.2, -0.15) is 0 Å². The van der Waals surface area contributed by atoms with Crippen LogP contribution in [0.3, 0.4) is 0 Å². The lowest BCUT2D eigenvalue weighted by Crippen LogP contribution is -2.18. The Kier molecular flexibility index (Phi) is 6.90. The average molecular weight is 373 g/mol. The van der Waals surface area contributed by atoms with E-state index in [4.69, 9.17) is 9.26 Å². The van der Waals surface area contributed by atoms with Crippen LogP contribution < -0.4 is 9.42 Å². The van der Waals surface area contributed by atoms with Crippen molar-refractivity contribution in [2.45, 2.75) is 45.8 Å². The third-order valence-electron chi connectivity index (χ3n) is 3.74. The largest absolute Gasteiger partial charge is 0.575 e. The molecular formula is C20H24NO4P. The fourth-order valence-electron chi connectivity index (χ4n) is 2.17. The Labute approximate surface area is 155 Å². The first-order valence-electron chi connectivity index (χ1n) is 8.43. The lowest BCUT2D eigenvalue weighted by molar-refractivity contribution is -0.169. The summed E-state index contributed by atoms with van der Waals surface area (Å²) in [6, 6.07) is 15.8. The lowest BCUT2D eigenvalue weighted by Gasteiger charge is -2.18. The van der Waals surface area contributed by atoms with Crippen LogP contribution in [0.4, 0.5) is 0 Å². The van der Waals surface area contributed by atoms with E-state index in [0.29, 0.717) is 5.75 Å². The van der Waals surface area contributed by atoms with E-state index in [-0.39, 0.29) is 12.0 Å². The minimum Gasteiger partial charge on any atom is -0.575 e. The summed E-state index contributed by atoms with van der Waals surface area (Å²) in [5, 5.41) is 0. The van der Waals surface area contributed by atoms with Gasteiger partial charge >= 0.3 is 14.1 Å². The van der Waals surface area contributed by atoms with E-state index >= 15 is 0 Å². The highest BCUT2D eigenvalue weighted by atomic mass is 31.1. The molecule has 0 aromatic heterocycles. The Bertz CT molecular complexity index is 752. The summed E-state index contributed by atoms with van der Waals surface area (Å²) in [5.41, 5.74) is 2.06. The molecule has 2 aromatic carbocycles. The van der Waals surface area contributed by atoms with E-state index in [2.05, 4.69) is 25.5 Å². The van der Waals surface area contributed by atoms with Crippen LogP contribution in [-0.2, 0) is 21.6 Å². The summed E-state index contributed by atoms with van der Waals surface area (Å²) in [5.74, 6) is -0.0865. The van der Waals surface area contributed by atoms with Crippen LogP contribution in [0.5, 0.6) is 5.75 Å². The molecular weight excluding hydrogens is 349 g/mol. The predicted molar refractivity (Wildman–Crippen MR) is 101 cm³/mol. The van der Waals surface area contributed by atoms with Gasteiger partial charge in [0.2, 0.25) is 0 Å². The molecule has 138 valence electrons. The second-order valence-corrected chi connectivity index (χ2v) is 7.88. The van der Waals surface area contributed by atoms with E-state index in [0.717, 1.165) is 11.1 Å². The fraction of sp³-hybridized carbons (Fsp3) is 0.350. The Morgan fingerprint density at radius 2 is 1.73 bits per heavy atom. The molecule has 6 heteroatoms. The monoisotopic (exact) mass is 373 g/mol. The van der Waals surface area contributed by atoms with E-state index in [1.54, 1.807) is 12.1 Å². The SMILES string of the molecule is C[C@H](N=[P+]([O-])Oc1ccc(C(C)(C)C)cc1)C(=O)OCc1ccccc1. The van der Waals surface area contributed by atoms with E-state index in [9.17, 15) is 9.69 Å². The van der Waals surface area contributed by atoms with Crippen LogP contribution in [0.25, 0.3) is 0 Å². The molecule has 0 bridgehead atoms. The number of ether oxygens (including phenoxy) is 1. The van der Waals surface area contributed by atoms with Crippen LogP contribution in [-0.4, -0.2) is 12.0 Å². The number of hydrogen-bond acceptors (Lipinski definition) is 5. The number of carbonyl (C=O) groups is 1. The molecule has 2 rings (SSSR count). The highest BCUT2D eigenvalue weighted by Gasteiger charge is 2.19. The highest BCUT2D eigenvalue weighted by Crippen LogP contribution is 2.28. The molecule has 1 unspecified atom stereocenters. The van der Waals surface area contributed by atoms with Crippen molar-refractivity contribution in [2.24, 2.45) is 4.74 Å². The van der Waals surface area contributed by atoms with Crippen LogP contribution in [0.2, 0.25) is 0 Å². The van der Waals surface area contributed by atoms with Crippen molar-refractivity contribution in [3.05, 3.63) is 65.7 Å². The van der Waals surface area contributed by atoms with Crippen molar-refractivity contribution in [1.29, 1.82) is 0 Å². The van der Waals surface area contributed by atoms with Gasteiger partial charge in [-0.1, -0.05) is 68.0 Å². The molecule has 2 atom stereocenters. The van der Waals surface area contributed by atoms with Gasteiger partial charge in [0, 0.05) is 0 Å². The van der Waals surface area contributed by atoms with Crippen LogP contribution in [0.15, 0.2) is 59.3 Å². The Morgan fingerprint density at radius 3 is 2.31 bits per heavy atom. The maximum Gasteiger partial charge on any atom is 0.395 e. The molecule has 5 nitrogen and oxygen atoms in total. The van der Waals surface area contributed by atoms with Gasteiger partial charge in [0.1, 0.15) is 6.61 Å². The topological polar surface area (TPSA) is 71.0 Å². The number of rotatable bonds is 6. The number of esters is 1. The summed E-state index contributed by atoms with van der Waals surface area (Å²) in [6.07, 6.45) is 0. The zero-order valence-electron chi connectivity index (χ0n) is 15.5. The van der Waals surface area contributed by atoms with E-state index < -0.39 is 20.2 Å². The predicted octanol–water partition coefficient (Wildman–Crippen LogP) is 4.35. The molecule has 26 heavy (non-hydrogen) atoms. The summed E-state index contributed by atoms with van der Waals surface area (Å²) in [6.45, 7) is 8.03. The normalized spacial score (nSPS) is 13.2. The van der Waals surface area contributed by atoms with Crippen molar-refractivity contribution in [1.82, 2.24) is 0 Å². The van der Waals surface area contributed by atoms with Gasteiger partial charge in [-0.3, -0.25) is 4.52 Å². The van der Waals surface area contributed by atoms with Crippen LogP contribution in [0.1, 0.15) is 38.8 Å². The standard InChI is InChI=1S/C20H24NO4P/c1-15(19(22)24-14-16-8-6-5-7-9-16)21-26(23)25-18-12-10-17(11-13-18)20(2,3)4/h5-13,15H,14H2,1-4H3/t15-/m0/s1. The molecule has 0 fully saturated rings. The molecule has 0 radical (unpaired) electrons. The van der Waals surface area contributed by atoms with Crippen molar-refractivity contribution < 1.29 is 18.9 Å². The zero-order chi connectivity index (χ0) is 19.2. The Hall–Kier alpha value is -2.23. The van der Waals surface area contributed by atoms with Crippen molar-refractivity contribution in [2.75, 3.05) is 0 Å². The van der Waals surface area contributed by atoms with Gasteiger partial charge in [-0.15, -0.1) is 0 Å². The third kappa shape index (κ3) is 6.25. The number of hydrogen-bond donors (Lipinski definition) is 0. The van der Waals surface area contributed by atoms with E-state index in [1.807, 2.05) is 42.5 Å². The fourth-order valence-corrected chi connectivity index (χ4v) is 2.89. The minimum atomic E-state index is -2.36. The molecule has 0 amide bonds.